The van der Waals surface area contributed by atoms with Gasteiger partial charge in [-0.3, -0.25) is 9.59 Å². The van der Waals surface area contributed by atoms with E-state index in [2.05, 4.69) is 5.32 Å². The van der Waals surface area contributed by atoms with E-state index in [1.165, 1.54) is 18.3 Å². The molecule has 1 aliphatic heterocycles. The molecule has 126 valence electrons. The van der Waals surface area contributed by atoms with E-state index in [9.17, 15) is 18.0 Å². The third-order valence-corrected chi connectivity index (χ3v) is 5.43. The van der Waals surface area contributed by atoms with E-state index in [-0.39, 0.29) is 24.9 Å². The summed E-state index contributed by atoms with van der Waals surface area (Å²) in [5.41, 5.74) is 0.396. The van der Waals surface area contributed by atoms with Gasteiger partial charge >= 0.3 is 0 Å². The van der Waals surface area contributed by atoms with Crippen LogP contribution in [0, 0.1) is 0 Å². The van der Waals surface area contributed by atoms with Gasteiger partial charge in [0.2, 0.25) is 5.91 Å². The Morgan fingerprint density at radius 1 is 1.39 bits per heavy atom. The van der Waals surface area contributed by atoms with Gasteiger partial charge in [0.05, 0.1) is 18.9 Å². The Kier molecular flexibility index (Phi) is 5.25. The van der Waals surface area contributed by atoms with Crippen LogP contribution in [-0.4, -0.2) is 63.4 Å². The molecule has 0 aliphatic carbocycles. The number of ether oxygens (including phenoxy) is 1. The van der Waals surface area contributed by atoms with Crippen LogP contribution in [0.4, 0.5) is 0 Å². The zero-order chi connectivity index (χ0) is 17.0. The van der Waals surface area contributed by atoms with E-state index in [1.54, 1.807) is 24.3 Å². The summed E-state index contributed by atoms with van der Waals surface area (Å²) in [6, 6.07) is 6.61. The highest BCUT2D eigenvalue weighted by Gasteiger charge is 2.32. The van der Waals surface area contributed by atoms with Crippen molar-refractivity contribution in [2.45, 2.75) is 11.7 Å². The van der Waals surface area contributed by atoms with Crippen LogP contribution in [0.25, 0.3) is 0 Å². The van der Waals surface area contributed by atoms with Gasteiger partial charge in [-0.2, -0.15) is 0 Å². The molecular weight excluding hydrogens is 320 g/mol. The SMILES string of the molecule is COc1cccc(C(=O)NCC(=O)N2CCC(S(C)(=O)=O)C2)c1. The zero-order valence-corrected chi connectivity index (χ0v) is 13.9. The van der Waals surface area contributed by atoms with Crippen molar-refractivity contribution in [2.24, 2.45) is 0 Å². The van der Waals surface area contributed by atoms with Gasteiger partial charge in [0.25, 0.3) is 5.91 Å². The number of hydrogen-bond donors (Lipinski definition) is 1. The van der Waals surface area contributed by atoms with Gasteiger partial charge in [0, 0.05) is 24.9 Å². The molecule has 1 saturated heterocycles. The second-order valence-corrected chi connectivity index (χ2v) is 7.82. The zero-order valence-electron chi connectivity index (χ0n) is 13.1. The number of carbonyl (C=O) groups is 2. The fourth-order valence-corrected chi connectivity index (χ4v) is 3.42. The van der Waals surface area contributed by atoms with E-state index < -0.39 is 15.1 Å². The third kappa shape index (κ3) is 4.44. The molecule has 1 heterocycles. The summed E-state index contributed by atoms with van der Waals surface area (Å²) in [5, 5.41) is 2.03. The molecule has 1 atom stereocenters. The minimum atomic E-state index is -3.15. The summed E-state index contributed by atoms with van der Waals surface area (Å²) >= 11 is 0. The molecule has 0 radical (unpaired) electrons. The molecule has 1 fully saturated rings. The first-order valence-corrected chi connectivity index (χ1v) is 9.15. The third-order valence-electron chi connectivity index (χ3n) is 3.84. The molecule has 1 N–H and O–H groups in total. The van der Waals surface area contributed by atoms with Crippen LogP contribution in [0.1, 0.15) is 16.8 Å². The normalized spacial score (nSPS) is 17.8. The van der Waals surface area contributed by atoms with Crippen LogP contribution in [0.2, 0.25) is 0 Å². The van der Waals surface area contributed by atoms with Gasteiger partial charge in [-0.05, 0) is 24.6 Å². The van der Waals surface area contributed by atoms with Gasteiger partial charge in [-0.25, -0.2) is 8.42 Å². The van der Waals surface area contributed by atoms with Crippen LogP contribution < -0.4 is 10.1 Å². The van der Waals surface area contributed by atoms with Crippen molar-refractivity contribution in [2.75, 3.05) is 33.0 Å². The first-order chi connectivity index (χ1) is 10.8. The lowest BCUT2D eigenvalue weighted by Crippen LogP contribution is -2.39. The minimum absolute atomic E-state index is 0.160. The second kappa shape index (κ2) is 6.99. The Morgan fingerprint density at radius 3 is 2.74 bits per heavy atom. The van der Waals surface area contributed by atoms with Crippen molar-refractivity contribution in [3.8, 4) is 5.75 Å². The first kappa shape index (κ1) is 17.3. The van der Waals surface area contributed by atoms with E-state index in [1.807, 2.05) is 0 Å². The van der Waals surface area contributed by atoms with Crippen molar-refractivity contribution < 1.29 is 22.7 Å². The summed E-state index contributed by atoms with van der Waals surface area (Å²) < 4.78 is 28.0. The van der Waals surface area contributed by atoms with Crippen molar-refractivity contribution in [3.05, 3.63) is 29.8 Å². The number of rotatable bonds is 5. The quantitative estimate of drug-likeness (QED) is 0.819. The largest absolute Gasteiger partial charge is 0.497 e. The number of sulfone groups is 1. The monoisotopic (exact) mass is 340 g/mol. The lowest BCUT2D eigenvalue weighted by Gasteiger charge is -2.16. The van der Waals surface area contributed by atoms with Crippen LogP contribution in [0.3, 0.4) is 0 Å². The Labute approximate surface area is 135 Å². The Hall–Kier alpha value is -2.09. The van der Waals surface area contributed by atoms with Crippen LogP contribution in [0.15, 0.2) is 24.3 Å². The molecule has 2 rings (SSSR count). The Balaban J connectivity index is 1.88. The molecule has 0 saturated carbocycles. The van der Waals surface area contributed by atoms with E-state index >= 15 is 0 Å². The van der Waals surface area contributed by atoms with E-state index in [0.29, 0.717) is 24.3 Å². The van der Waals surface area contributed by atoms with Crippen molar-refractivity contribution in [1.82, 2.24) is 10.2 Å². The van der Waals surface area contributed by atoms with Crippen molar-refractivity contribution in [1.29, 1.82) is 0 Å². The lowest BCUT2D eigenvalue weighted by atomic mass is 10.2. The minimum Gasteiger partial charge on any atom is -0.497 e. The van der Waals surface area contributed by atoms with Crippen LogP contribution in [0.5, 0.6) is 5.75 Å². The highest BCUT2D eigenvalue weighted by molar-refractivity contribution is 7.91. The van der Waals surface area contributed by atoms with Gasteiger partial charge in [0.1, 0.15) is 5.75 Å². The number of nitrogens with zero attached hydrogens (tertiary/aromatic N) is 1. The van der Waals surface area contributed by atoms with Crippen LogP contribution in [-0.2, 0) is 14.6 Å². The summed E-state index contributed by atoms with van der Waals surface area (Å²) in [5.74, 6) is -0.108. The Bertz CT molecular complexity index is 702. The maximum atomic E-state index is 12.1. The molecule has 0 spiro atoms. The number of methoxy groups -OCH3 is 1. The molecule has 1 aromatic carbocycles. The molecule has 1 unspecified atom stereocenters. The van der Waals surface area contributed by atoms with E-state index in [0.717, 1.165) is 0 Å². The number of nitrogens with one attached hydrogen (secondary N) is 1. The molecule has 2 amide bonds. The summed E-state index contributed by atoms with van der Waals surface area (Å²) in [6.45, 7) is 0.421. The van der Waals surface area contributed by atoms with Gasteiger partial charge in [0.15, 0.2) is 9.84 Å². The van der Waals surface area contributed by atoms with Crippen LogP contribution >= 0.6 is 0 Å². The second-order valence-electron chi connectivity index (χ2n) is 5.49. The fraction of sp³-hybridized carbons (Fsp3) is 0.467. The molecule has 1 aromatic rings. The number of hydrogen-bond acceptors (Lipinski definition) is 5. The predicted molar refractivity (Wildman–Crippen MR) is 85.2 cm³/mol. The number of carbonyl (C=O) groups excluding carboxylic acids is 2. The maximum absolute atomic E-state index is 12.1. The predicted octanol–water partition coefficient (Wildman–Crippen LogP) is 0.0705. The molecule has 23 heavy (non-hydrogen) atoms. The highest BCUT2D eigenvalue weighted by Crippen LogP contribution is 2.16. The highest BCUT2D eigenvalue weighted by atomic mass is 32.2. The smallest absolute Gasteiger partial charge is 0.251 e. The average Bonchev–Trinajstić information content (AvgIpc) is 3.02. The number of benzene rings is 1. The summed E-state index contributed by atoms with van der Waals surface area (Å²) in [6.07, 6.45) is 1.62. The summed E-state index contributed by atoms with van der Waals surface area (Å²) in [4.78, 5) is 25.6. The van der Waals surface area contributed by atoms with Crippen molar-refractivity contribution in [3.63, 3.8) is 0 Å². The van der Waals surface area contributed by atoms with Gasteiger partial charge < -0.3 is 15.0 Å². The molecular formula is C15H20N2O5S. The first-order valence-electron chi connectivity index (χ1n) is 7.20. The Morgan fingerprint density at radius 2 is 2.13 bits per heavy atom. The van der Waals surface area contributed by atoms with Gasteiger partial charge in [-0.1, -0.05) is 6.07 Å². The lowest BCUT2D eigenvalue weighted by molar-refractivity contribution is -0.129. The standard InChI is InChI=1S/C15H20N2O5S/c1-22-12-5-3-4-11(8-12)15(19)16-9-14(18)17-7-6-13(10-17)23(2,20)21/h3-5,8,13H,6-7,9-10H2,1-2H3,(H,16,19). The number of likely N-dealkylation sites (tertiary alicyclic amines) is 1. The van der Waals surface area contributed by atoms with E-state index in [4.69, 9.17) is 4.74 Å². The molecule has 1 aliphatic rings. The molecule has 7 nitrogen and oxygen atoms in total. The molecule has 8 heteroatoms. The maximum Gasteiger partial charge on any atom is 0.251 e. The fourth-order valence-electron chi connectivity index (χ4n) is 2.44. The molecule has 0 aromatic heterocycles. The summed E-state index contributed by atoms with van der Waals surface area (Å²) in [7, 11) is -1.64. The molecule has 0 bridgehead atoms. The topological polar surface area (TPSA) is 92.8 Å². The number of amides is 2. The average molecular weight is 340 g/mol. The van der Waals surface area contributed by atoms with Crippen molar-refractivity contribution >= 4 is 21.7 Å². The van der Waals surface area contributed by atoms with Gasteiger partial charge in [-0.15, -0.1) is 0 Å².